The van der Waals surface area contributed by atoms with Gasteiger partial charge in [0, 0.05) is 50.1 Å². The fraction of sp³-hybridized carbons (Fsp3) is 0.556. The SMILES string of the molecule is Cc1cnc(Nc2cnn(CC(F)F)c2)nc1NC[C@@H]1C[C@H](F)CN1CCC#N. The number of rotatable bonds is 9. The van der Waals surface area contributed by atoms with Gasteiger partial charge in [-0.25, -0.2) is 18.2 Å². The van der Waals surface area contributed by atoms with Gasteiger partial charge in [0.2, 0.25) is 5.95 Å². The minimum atomic E-state index is -2.48. The van der Waals surface area contributed by atoms with Gasteiger partial charge >= 0.3 is 0 Å². The highest BCUT2D eigenvalue weighted by Crippen LogP contribution is 2.22. The number of hydrogen-bond acceptors (Lipinski definition) is 7. The molecule has 3 rings (SSSR count). The van der Waals surface area contributed by atoms with Crippen LogP contribution >= 0.6 is 0 Å². The number of aryl methyl sites for hydroxylation is 1. The van der Waals surface area contributed by atoms with E-state index < -0.39 is 19.1 Å². The Morgan fingerprint density at radius 2 is 2.21 bits per heavy atom. The second-order valence-electron chi connectivity index (χ2n) is 6.96. The highest BCUT2D eigenvalue weighted by atomic mass is 19.3. The van der Waals surface area contributed by atoms with Gasteiger partial charge in [-0.3, -0.25) is 9.58 Å². The molecule has 2 aromatic rings. The van der Waals surface area contributed by atoms with E-state index in [1.807, 2.05) is 11.8 Å². The van der Waals surface area contributed by atoms with Crippen LogP contribution in [0.4, 0.5) is 30.6 Å². The molecule has 2 atom stereocenters. The van der Waals surface area contributed by atoms with Crippen molar-refractivity contribution in [3.63, 3.8) is 0 Å². The van der Waals surface area contributed by atoms with Crippen molar-refractivity contribution < 1.29 is 13.2 Å². The number of alkyl halides is 3. The molecular formula is C18H23F3N8. The van der Waals surface area contributed by atoms with Crippen LogP contribution in [-0.4, -0.2) is 62.9 Å². The molecule has 0 radical (unpaired) electrons. The number of nitrogens with zero attached hydrogens (tertiary/aromatic N) is 6. The van der Waals surface area contributed by atoms with Gasteiger partial charge in [-0.05, 0) is 13.3 Å². The maximum absolute atomic E-state index is 13.8. The summed E-state index contributed by atoms with van der Waals surface area (Å²) < 4.78 is 39.8. The summed E-state index contributed by atoms with van der Waals surface area (Å²) in [6.07, 6.45) is 1.91. The van der Waals surface area contributed by atoms with E-state index in [-0.39, 0.29) is 6.04 Å². The summed E-state index contributed by atoms with van der Waals surface area (Å²) in [5.41, 5.74) is 1.32. The zero-order valence-corrected chi connectivity index (χ0v) is 16.0. The van der Waals surface area contributed by atoms with Crippen LogP contribution in [0.1, 0.15) is 18.4 Å². The van der Waals surface area contributed by atoms with Crippen LogP contribution in [0, 0.1) is 18.3 Å². The zero-order valence-electron chi connectivity index (χ0n) is 16.0. The van der Waals surface area contributed by atoms with E-state index in [0.717, 1.165) is 10.2 Å². The van der Waals surface area contributed by atoms with E-state index in [0.29, 0.717) is 49.9 Å². The van der Waals surface area contributed by atoms with Crippen LogP contribution in [0.3, 0.4) is 0 Å². The molecule has 0 aliphatic carbocycles. The topological polar surface area (TPSA) is 94.7 Å². The number of aromatic nitrogens is 4. The van der Waals surface area contributed by atoms with Crippen molar-refractivity contribution in [2.45, 2.75) is 44.9 Å². The Kier molecular flexibility index (Phi) is 6.87. The lowest BCUT2D eigenvalue weighted by molar-refractivity contribution is 0.122. The van der Waals surface area contributed by atoms with Gasteiger partial charge in [-0.15, -0.1) is 0 Å². The molecule has 1 saturated heterocycles. The quantitative estimate of drug-likeness (QED) is 0.659. The smallest absolute Gasteiger partial charge is 0.257 e. The van der Waals surface area contributed by atoms with Crippen molar-refractivity contribution in [2.24, 2.45) is 0 Å². The van der Waals surface area contributed by atoms with Gasteiger partial charge in [0.05, 0.1) is 18.0 Å². The molecule has 0 unspecified atom stereocenters. The Balaban J connectivity index is 1.61. The zero-order chi connectivity index (χ0) is 20.8. The van der Waals surface area contributed by atoms with Gasteiger partial charge in [-0.1, -0.05) is 0 Å². The van der Waals surface area contributed by atoms with Crippen LogP contribution < -0.4 is 10.6 Å². The first-order valence-corrected chi connectivity index (χ1v) is 9.34. The van der Waals surface area contributed by atoms with Gasteiger partial charge in [0.15, 0.2) is 0 Å². The predicted octanol–water partition coefficient (Wildman–Crippen LogP) is 2.73. The minimum absolute atomic E-state index is 0.0169. The van der Waals surface area contributed by atoms with Crippen molar-refractivity contribution in [2.75, 3.05) is 30.3 Å². The number of halogens is 3. The van der Waals surface area contributed by atoms with E-state index in [9.17, 15) is 13.2 Å². The predicted molar refractivity (Wildman–Crippen MR) is 102 cm³/mol. The Labute approximate surface area is 166 Å². The van der Waals surface area contributed by atoms with E-state index in [2.05, 4.69) is 31.8 Å². The van der Waals surface area contributed by atoms with Crippen LogP contribution in [0.25, 0.3) is 0 Å². The summed E-state index contributed by atoms with van der Waals surface area (Å²) in [6.45, 7) is 2.75. The van der Waals surface area contributed by atoms with Crippen molar-refractivity contribution in [1.29, 1.82) is 5.26 Å². The summed E-state index contributed by atoms with van der Waals surface area (Å²) in [4.78, 5) is 10.6. The largest absolute Gasteiger partial charge is 0.368 e. The van der Waals surface area contributed by atoms with Crippen LogP contribution in [0.5, 0.6) is 0 Å². The van der Waals surface area contributed by atoms with E-state index in [4.69, 9.17) is 5.26 Å². The van der Waals surface area contributed by atoms with Crippen LogP contribution in [-0.2, 0) is 6.54 Å². The van der Waals surface area contributed by atoms with Crippen LogP contribution in [0.15, 0.2) is 18.6 Å². The van der Waals surface area contributed by atoms with Gasteiger partial charge in [-0.2, -0.15) is 15.3 Å². The molecule has 29 heavy (non-hydrogen) atoms. The van der Waals surface area contributed by atoms with Crippen molar-refractivity contribution >= 4 is 17.5 Å². The number of nitriles is 1. The highest BCUT2D eigenvalue weighted by Gasteiger charge is 2.31. The molecule has 2 aromatic heterocycles. The van der Waals surface area contributed by atoms with E-state index in [1.165, 1.54) is 12.4 Å². The summed E-state index contributed by atoms with van der Waals surface area (Å²) in [5.74, 6) is 0.899. The van der Waals surface area contributed by atoms with Crippen molar-refractivity contribution in [1.82, 2.24) is 24.6 Å². The lowest BCUT2D eigenvalue weighted by Gasteiger charge is -2.23. The lowest BCUT2D eigenvalue weighted by Crippen LogP contribution is -2.35. The molecule has 0 saturated carbocycles. The normalized spacial score (nSPS) is 19.4. The molecule has 1 fully saturated rings. The third-order valence-electron chi connectivity index (χ3n) is 4.68. The average molecular weight is 408 g/mol. The molecule has 2 N–H and O–H groups in total. The molecule has 8 nitrogen and oxygen atoms in total. The lowest BCUT2D eigenvalue weighted by atomic mass is 10.2. The van der Waals surface area contributed by atoms with E-state index >= 15 is 0 Å². The maximum Gasteiger partial charge on any atom is 0.257 e. The van der Waals surface area contributed by atoms with Crippen molar-refractivity contribution in [3.05, 3.63) is 24.2 Å². The Morgan fingerprint density at radius 3 is 2.97 bits per heavy atom. The Morgan fingerprint density at radius 1 is 1.38 bits per heavy atom. The van der Waals surface area contributed by atoms with Gasteiger partial charge < -0.3 is 10.6 Å². The molecule has 0 bridgehead atoms. The third kappa shape index (κ3) is 5.80. The number of hydrogen-bond donors (Lipinski definition) is 2. The standard InChI is InChI=1S/C18H23F3N8/c1-12-6-24-18(26-14-7-25-29(10-14)11-16(20)21)27-17(12)23-8-15-5-13(19)9-28(15)4-2-3-22/h6-7,10,13,15-16H,2,4-5,8-9,11H2,1H3,(H2,23,24,26,27)/t13-,15-/m0/s1. The monoisotopic (exact) mass is 408 g/mol. The molecule has 3 heterocycles. The first-order valence-electron chi connectivity index (χ1n) is 9.34. The fourth-order valence-corrected chi connectivity index (χ4v) is 3.30. The Bertz CT molecular complexity index is 850. The molecule has 0 aromatic carbocycles. The highest BCUT2D eigenvalue weighted by molar-refractivity contribution is 5.54. The number of anilines is 3. The molecule has 0 amide bonds. The molecule has 0 spiro atoms. The Hall–Kier alpha value is -2.87. The summed E-state index contributed by atoms with van der Waals surface area (Å²) in [6, 6.07) is 2.08. The molecule has 156 valence electrons. The summed E-state index contributed by atoms with van der Waals surface area (Å²) in [5, 5.41) is 18.8. The fourth-order valence-electron chi connectivity index (χ4n) is 3.30. The average Bonchev–Trinajstić information content (AvgIpc) is 3.25. The summed E-state index contributed by atoms with van der Waals surface area (Å²) in [7, 11) is 0. The molecule has 1 aliphatic rings. The number of nitrogens with one attached hydrogen (secondary N) is 2. The molecule has 11 heteroatoms. The van der Waals surface area contributed by atoms with Crippen LogP contribution in [0.2, 0.25) is 0 Å². The second kappa shape index (κ2) is 9.56. The minimum Gasteiger partial charge on any atom is -0.368 e. The van der Waals surface area contributed by atoms with E-state index in [1.54, 1.807) is 6.20 Å². The van der Waals surface area contributed by atoms with Gasteiger partial charge in [0.1, 0.15) is 18.5 Å². The molecular weight excluding hydrogens is 385 g/mol. The summed E-state index contributed by atoms with van der Waals surface area (Å²) >= 11 is 0. The first kappa shape index (κ1) is 20.9. The first-order chi connectivity index (χ1) is 13.9. The third-order valence-corrected chi connectivity index (χ3v) is 4.68. The van der Waals surface area contributed by atoms with Gasteiger partial charge in [0.25, 0.3) is 6.43 Å². The second-order valence-corrected chi connectivity index (χ2v) is 6.96. The van der Waals surface area contributed by atoms with Crippen molar-refractivity contribution in [3.8, 4) is 6.07 Å². The number of likely N-dealkylation sites (tertiary alicyclic amines) is 1. The molecule has 1 aliphatic heterocycles. The maximum atomic E-state index is 13.8.